The molecular weight excluding hydrogens is 210 g/mol. The standard InChI is InChI=1S/C10H9N3O3/c1-16-10(15)4-8(14)7-5-11-9-2-3-12-13(9)6-7/h2-3,5-6H,4H2,1H3. The quantitative estimate of drug-likeness (QED) is 0.426. The van der Waals surface area contributed by atoms with Crippen molar-refractivity contribution in [3.05, 3.63) is 30.2 Å². The normalized spacial score (nSPS) is 10.3. The second-order valence-corrected chi connectivity index (χ2v) is 3.15. The number of Topliss-reactive ketones (excluding diaryl/α,β-unsaturated/α-hetero) is 1. The van der Waals surface area contributed by atoms with E-state index in [-0.39, 0.29) is 12.2 Å². The van der Waals surface area contributed by atoms with Crippen molar-refractivity contribution >= 4 is 17.4 Å². The van der Waals surface area contributed by atoms with Crippen molar-refractivity contribution in [3.8, 4) is 0 Å². The Hall–Kier alpha value is -2.24. The Morgan fingerprint density at radius 1 is 1.50 bits per heavy atom. The zero-order valence-electron chi connectivity index (χ0n) is 8.58. The summed E-state index contributed by atoms with van der Waals surface area (Å²) in [5, 5.41) is 3.95. The van der Waals surface area contributed by atoms with Crippen LogP contribution in [-0.2, 0) is 9.53 Å². The van der Waals surface area contributed by atoms with E-state index in [0.717, 1.165) is 0 Å². The molecule has 0 spiro atoms. The van der Waals surface area contributed by atoms with Crippen molar-refractivity contribution in [3.63, 3.8) is 0 Å². The molecular formula is C10H9N3O3. The van der Waals surface area contributed by atoms with Gasteiger partial charge in [-0.15, -0.1) is 0 Å². The summed E-state index contributed by atoms with van der Waals surface area (Å²) in [5.41, 5.74) is 0.983. The highest BCUT2D eigenvalue weighted by atomic mass is 16.5. The molecule has 16 heavy (non-hydrogen) atoms. The third-order valence-corrected chi connectivity index (χ3v) is 2.10. The van der Waals surface area contributed by atoms with Crippen LogP contribution in [0, 0.1) is 0 Å². The van der Waals surface area contributed by atoms with Gasteiger partial charge in [0.15, 0.2) is 11.4 Å². The molecule has 0 saturated heterocycles. The van der Waals surface area contributed by atoms with Crippen LogP contribution < -0.4 is 0 Å². The first-order chi connectivity index (χ1) is 7.70. The Bertz CT molecular complexity index is 547. The summed E-state index contributed by atoms with van der Waals surface area (Å²) in [5.74, 6) is -0.901. The number of ketones is 1. The van der Waals surface area contributed by atoms with Crippen LogP contribution in [0.25, 0.3) is 5.65 Å². The first-order valence-corrected chi connectivity index (χ1v) is 4.60. The number of nitrogens with zero attached hydrogens (tertiary/aromatic N) is 3. The predicted molar refractivity (Wildman–Crippen MR) is 54.0 cm³/mol. The molecule has 0 aliphatic carbocycles. The fourth-order valence-electron chi connectivity index (χ4n) is 1.26. The number of hydrogen-bond donors (Lipinski definition) is 0. The van der Waals surface area contributed by atoms with Crippen LogP contribution in [0.2, 0.25) is 0 Å². The molecule has 0 fully saturated rings. The van der Waals surface area contributed by atoms with E-state index in [0.29, 0.717) is 11.2 Å². The molecule has 0 aliphatic rings. The molecule has 0 aliphatic heterocycles. The van der Waals surface area contributed by atoms with Crippen LogP contribution in [0.15, 0.2) is 24.7 Å². The van der Waals surface area contributed by atoms with E-state index in [1.807, 2.05) is 0 Å². The molecule has 2 heterocycles. The zero-order chi connectivity index (χ0) is 11.5. The highest BCUT2D eigenvalue weighted by molar-refractivity contribution is 6.05. The molecule has 82 valence electrons. The van der Waals surface area contributed by atoms with Crippen molar-refractivity contribution in [2.75, 3.05) is 7.11 Å². The SMILES string of the molecule is COC(=O)CC(=O)c1cnc2ccnn2c1. The van der Waals surface area contributed by atoms with E-state index in [4.69, 9.17) is 0 Å². The van der Waals surface area contributed by atoms with Gasteiger partial charge in [-0.1, -0.05) is 0 Å². The topological polar surface area (TPSA) is 73.6 Å². The zero-order valence-corrected chi connectivity index (χ0v) is 8.58. The predicted octanol–water partition coefficient (Wildman–Crippen LogP) is 0.475. The molecule has 6 heteroatoms. The monoisotopic (exact) mass is 219 g/mol. The highest BCUT2D eigenvalue weighted by Gasteiger charge is 2.13. The largest absolute Gasteiger partial charge is 0.469 e. The maximum atomic E-state index is 11.6. The molecule has 0 radical (unpaired) electrons. The van der Waals surface area contributed by atoms with Gasteiger partial charge in [0.2, 0.25) is 0 Å². The molecule has 0 aromatic carbocycles. The number of carbonyl (C=O) groups is 2. The lowest BCUT2D eigenvalue weighted by Crippen LogP contribution is -2.10. The summed E-state index contributed by atoms with van der Waals surface area (Å²) >= 11 is 0. The van der Waals surface area contributed by atoms with E-state index >= 15 is 0 Å². The first kappa shape index (κ1) is 10.3. The Kier molecular flexibility index (Phi) is 2.63. The minimum Gasteiger partial charge on any atom is -0.469 e. The van der Waals surface area contributed by atoms with Gasteiger partial charge in [0.1, 0.15) is 6.42 Å². The van der Waals surface area contributed by atoms with Crippen LogP contribution in [-0.4, -0.2) is 33.5 Å². The summed E-state index contributed by atoms with van der Waals surface area (Å²) in [6, 6.07) is 1.72. The van der Waals surface area contributed by atoms with Gasteiger partial charge in [0.25, 0.3) is 0 Å². The van der Waals surface area contributed by atoms with E-state index in [9.17, 15) is 9.59 Å². The van der Waals surface area contributed by atoms with Crippen LogP contribution in [0.5, 0.6) is 0 Å². The Morgan fingerprint density at radius 2 is 2.31 bits per heavy atom. The first-order valence-electron chi connectivity index (χ1n) is 4.60. The Labute approximate surface area is 90.9 Å². The van der Waals surface area contributed by atoms with Crippen LogP contribution in [0.4, 0.5) is 0 Å². The maximum Gasteiger partial charge on any atom is 0.313 e. The van der Waals surface area contributed by atoms with Gasteiger partial charge in [-0.05, 0) is 0 Å². The number of esters is 1. The number of methoxy groups -OCH3 is 1. The number of fused-ring (bicyclic) bond motifs is 1. The van der Waals surface area contributed by atoms with Gasteiger partial charge in [-0.25, -0.2) is 9.50 Å². The van der Waals surface area contributed by atoms with Crippen molar-refractivity contribution in [2.45, 2.75) is 6.42 Å². The molecule has 6 nitrogen and oxygen atoms in total. The fourth-order valence-corrected chi connectivity index (χ4v) is 1.26. The van der Waals surface area contributed by atoms with Gasteiger partial charge in [0, 0.05) is 18.5 Å². The summed E-state index contributed by atoms with van der Waals surface area (Å²) < 4.78 is 5.89. The van der Waals surface area contributed by atoms with Gasteiger partial charge in [0.05, 0.1) is 18.9 Å². The molecule has 2 aromatic rings. The fraction of sp³-hybridized carbons (Fsp3) is 0.200. The van der Waals surface area contributed by atoms with Crippen molar-refractivity contribution in [2.24, 2.45) is 0 Å². The lowest BCUT2D eigenvalue weighted by atomic mass is 10.2. The average Bonchev–Trinajstić information content (AvgIpc) is 2.75. The smallest absolute Gasteiger partial charge is 0.313 e. The molecule has 0 N–H and O–H groups in total. The number of rotatable bonds is 3. The molecule has 0 amide bonds. The van der Waals surface area contributed by atoms with Gasteiger partial charge in [-0.3, -0.25) is 9.59 Å². The summed E-state index contributed by atoms with van der Waals surface area (Å²) in [6.07, 6.45) is 4.25. The number of carbonyl (C=O) groups excluding carboxylic acids is 2. The highest BCUT2D eigenvalue weighted by Crippen LogP contribution is 2.05. The molecule has 2 aromatic heterocycles. The summed E-state index contributed by atoms with van der Waals surface area (Å²) in [6.45, 7) is 0. The second-order valence-electron chi connectivity index (χ2n) is 3.15. The lowest BCUT2D eigenvalue weighted by molar-refractivity contribution is -0.139. The minimum atomic E-state index is -0.564. The van der Waals surface area contributed by atoms with E-state index in [2.05, 4.69) is 14.8 Å². The minimum absolute atomic E-state index is 0.287. The van der Waals surface area contributed by atoms with Crippen molar-refractivity contribution < 1.29 is 14.3 Å². The number of hydrogen-bond acceptors (Lipinski definition) is 5. The summed E-state index contributed by atoms with van der Waals surface area (Å²) in [7, 11) is 1.24. The molecule has 0 saturated carbocycles. The third-order valence-electron chi connectivity index (χ3n) is 2.10. The van der Waals surface area contributed by atoms with Crippen LogP contribution >= 0.6 is 0 Å². The molecule has 0 bridgehead atoms. The molecule has 0 unspecified atom stereocenters. The lowest BCUT2D eigenvalue weighted by Gasteiger charge is -2.00. The number of aromatic nitrogens is 3. The average molecular weight is 219 g/mol. The Balaban J connectivity index is 2.25. The second kappa shape index (κ2) is 4.09. The van der Waals surface area contributed by atoms with Crippen LogP contribution in [0.1, 0.15) is 16.8 Å². The molecule has 0 atom stereocenters. The van der Waals surface area contributed by atoms with Crippen molar-refractivity contribution in [1.29, 1.82) is 0 Å². The van der Waals surface area contributed by atoms with Gasteiger partial charge >= 0.3 is 5.97 Å². The number of ether oxygens (including phenoxy) is 1. The van der Waals surface area contributed by atoms with E-state index in [1.165, 1.54) is 24.0 Å². The summed E-state index contributed by atoms with van der Waals surface area (Å²) in [4.78, 5) is 26.5. The van der Waals surface area contributed by atoms with E-state index in [1.54, 1.807) is 12.3 Å². The third kappa shape index (κ3) is 1.90. The van der Waals surface area contributed by atoms with E-state index < -0.39 is 5.97 Å². The van der Waals surface area contributed by atoms with Crippen LogP contribution in [0.3, 0.4) is 0 Å². The maximum absolute atomic E-state index is 11.6. The van der Waals surface area contributed by atoms with Gasteiger partial charge < -0.3 is 4.74 Å². The van der Waals surface area contributed by atoms with Gasteiger partial charge in [-0.2, -0.15) is 5.10 Å². The molecule has 2 rings (SSSR count). The van der Waals surface area contributed by atoms with Crippen molar-refractivity contribution in [1.82, 2.24) is 14.6 Å². The Morgan fingerprint density at radius 3 is 3.06 bits per heavy atom.